The molecule has 3 amide bonds. The predicted molar refractivity (Wildman–Crippen MR) is 74.5 cm³/mol. The molecular weight excluding hydrogens is 288 g/mol. The molecule has 0 aromatic heterocycles. The topological polar surface area (TPSA) is 92.8 Å². The Balaban J connectivity index is 1.95. The number of hydrogen-bond acceptors (Lipinski definition) is 5. The molecule has 1 N–H and O–H groups in total. The Morgan fingerprint density at radius 1 is 1.27 bits per heavy atom. The molecule has 2 aliphatic rings. The molecule has 1 atom stereocenters. The summed E-state index contributed by atoms with van der Waals surface area (Å²) in [6.07, 6.45) is 1.12. The Morgan fingerprint density at radius 2 is 2.09 bits per heavy atom. The van der Waals surface area contributed by atoms with Crippen LogP contribution in [0.1, 0.15) is 33.6 Å². The third-order valence-electron chi connectivity index (χ3n) is 3.83. The number of hydrogen-bond donors (Lipinski definition) is 1. The van der Waals surface area contributed by atoms with E-state index in [4.69, 9.17) is 4.74 Å². The van der Waals surface area contributed by atoms with Gasteiger partial charge in [-0.2, -0.15) is 0 Å². The summed E-state index contributed by atoms with van der Waals surface area (Å²) in [5.74, 6) is -0.925. The lowest BCUT2D eigenvalue weighted by atomic mass is 10.0. The maximum atomic E-state index is 12.7. The van der Waals surface area contributed by atoms with E-state index >= 15 is 0 Å². The summed E-state index contributed by atoms with van der Waals surface area (Å²) in [5.41, 5.74) is 0.558. The van der Waals surface area contributed by atoms with Crippen LogP contribution < -0.4 is 10.1 Å². The van der Waals surface area contributed by atoms with Crippen LogP contribution in [0, 0.1) is 0 Å². The molecule has 0 saturated carbocycles. The molecule has 1 saturated heterocycles. The van der Waals surface area contributed by atoms with Gasteiger partial charge in [-0.15, -0.1) is 0 Å². The van der Waals surface area contributed by atoms with Crippen LogP contribution in [0.4, 0.5) is 0 Å². The fraction of sp³-hybridized carbons (Fsp3) is 0.333. The van der Waals surface area contributed by atoms with E-state index in [1.165, 1.54) is 4.90 Å². The number of amides is 3. The largest absolute Gasteiger partial charge is 0.490 e. The molecule has 1 aromatic rings. The first-order valence-electron chi connectivity index (χ1n) is 6.97. The van der Waals surface area contributed by atoms with E-state index in [0.29, 0.717) is 18.3 Å². The zero-order chi connectivity index (χ0) is 15.7. The van der Waals surface area contributed by atoms with Crippen LogP contribution in [0.15, 0.2) is 18.2 Å². The number of carbonyl (C=O) groups is 4. The molecule has 7 heteroatoms. The van der Waals surface area contributed by atoms with E-state index < -0.39 is 11.9 Å². The van der Waals surface area contributed by atoms with Crippen LogP contribution in [0.2, 0.25) is 0 Å². The molecule has 0 spiro atoms. The number of fused-ring (bicyclic) bond motifs is 1. The average Bonchev–Trinajstić information content (AvgIpc) is 2.67. The van der Waals surface area contributed by atoms with Gasteiger partial charge in [-0.1, -0.05) is 6.07 Å². The number of nitrogens with one attached hydrogen (secondary N) is 1. The van der Waals surface area contributed by atoms with E-state index in [9.17, 15) is 19.2 Å². The van der Waals surface area contributed by atoms with Crippen molar-refractivity contribution in [2.24, 2.45) is 0 Å². The van der Waals surface area contributed by atoms with Crippen LogP contribution in [-0.2, 0) is 9.59 Å². The third-order valence-corrected chi connectivity index (χ3v) is 3.83. The number of piperidine rings is 1. The molecule has 2 heterocycles. The maximum absolute atomic E-state index is 12.7. The fourth-order valence-electron chi connectivity index (χ4n) is 2.76. The number of imide groups is 1. The van der Waals surface area contributed by atoms with E-state index in [0.717, 1.165) is 0 Å². The van der Waals surface area contributed by atoms with Gasteiger partial charge in [-0.3, -0.25) is 24.5 Å². The highest BCUT2D eigenvalue weighted by molar-refractivity contribution is 6.05. The van der Waals surface area contributed by atoms with Gasteiger partial charge in [0.25, 0.3) is 5.91 Å². The minimum absolute atomic E-state index is 0.182. The van der Waals surface area contributed by atoms with Crippen LogP contribution >= 0.6 is 0 Å². The summed E-state index contributed by atoms with van der Waals surface area (Å²) in [6.45, 7) is 0.402. The first-order chi connectivity index (χ1) is 10.6. The number of carbonyl (C=O) groups excluding carboxylic acids is 4. The van der Waals surface area contributed by atoms with Gasteiger partial charge in [0.15, 0.2) is 6.29 Å². The Kier molecular flexibility index (Phi) is 3.62. The van der Waals surface area contributed by atoms with Crippen molar-refractivity contribution in [3.05, 3.63) is 29.3 Å². The molecule has 114 valence electrons. The van der Waals surface area contributed by atoms with Crippen LogP contribution in [0.25, 0.3) is 0 Å². The van der Waals surface area contributed by atoms with Crippen molar-refractivity contribution < 1.29 is 23.9 Å². The fourth-order valence-corrected chi connectivity index (χ4v) is 2.76. The van der Waals surface area contributed by atoms with Gasteiger partial charge in [-0.05, 0) is 18.6 Å². The quantitative estimate of drug-likeness (QED) is 0.619. The first kappa shape index (κ1) is 14.2. The van der Waals surface area contributed by atoms with E-state index in [-0.39, 0.29) is 42.7 Å². The summed E-state index contributed by atoms with van der Waals surface area (Å²) >= 11 is 0. The second kappa shape index (κ2) is 5.59. The SMILES string of the molecule is O=Cc1cccc2c1OCCN(C1CCC(=O)NC1=O)C2=O. The van der Waals surface area contributed by atoms with E-state index in [1.807, 2.05) is 0 Å². The number of nitrogens with zero attached hydrogens (tertiary/aromatic N) is 1. The first-order valence-corrected chi connectivity index (χ1v) is 6.97. The summed E-state index contributed by atoms with van der Waals surface area (Å²) in [5, 5.41) is 2.25. The monoisotopic (exact) mass is 302 g/mol. The van der Waals surface area contributed by atoms with E-state index in [1.54, 1.807) is 18.2 Å². The second-order valence-corrected chi connectivity index (χ2v) is 5.16. The number of benzene rings is 1. The molecular formula is C15H14N2O5. The van der Waals surface area contributed by atoms with Crippen molar-refractivity contribution in [1.29, 1.82) is 0 Å². The van der Waals surface area contributed by atoms with Crippen LogP contribution in [0.3, 0.4) is 0 Å². The molecule has 1 fully saturated rings. The number of aldehydes is 1. The van der Waals surface area contributed by atoms with Crippen molar-refractivity contribution in [2.45, 2.75) is 18.9 Å². The Hall–Kier alpha value is -2.70. The van der Waals surface area contributed by atoms with Crippen LogP contribution in [-0.4, -0.2) is 48.1 Å². The van der Waals surface area contributed by atoms with Gasteiger partial charge in [0.1, 0.15) is 18.4 Å². The molecule has 22 heavy (non-hydrogen) atoms. The molecule has 0 radical (unpaired) electrons. The Labute approximate surface area is 126 Å². The van der Waals surface area contributed by atoms with Crippen molar-refractivity contribution in [1.82, 2.24) is 10.2 Å². The number of ether oxygens (including phenoxy) is 1. The van der Waals surface area contributed by atoms with Gasteiger partial charge >= 0.3 is 0 Å². The minimum atomic E-state index is -0.695. The molecule has 2 aliphatic heterocycles. The van der Waals surface area contributed by atoms with Crippen LogP contribution in [0.5, 0.6) is 5.75 Å². The summed E-state index contributed by atoms with van der Waals surface area (Å²) in [4.78, 5) is 48.4. The summed E-state index contributed by atoms with van der Waals surface area (Å²) in [7, 11) is 0. The third kappa shape index (κ3) is 2.34. The van der Waals surface area contributed by atoms with Gasteiger partial charge in [-0.25, -0.2) is 0 Å². The maximum Gasteiger partial charge on any atom is 0.258 e. The molecule has 0 bridgehead atoms. The Morgan fingerprint density at radius 3 is 2.82 bits per heavy atom. The lowest BCUT2D eigenvalue weighted by Gasteiger charge is -2.31. The second-order valence-electron chi connectivity index (χ2n) is 5.16. The van der Waals surface area contributed by atoms with Crippen molar-refractivity contribution in [3.8, 4) is 5.75 Å². The molecule has 0 aliphatic carbocycles. The zero-order valence-corrected chi connectivity index (χ0v) is 11.7. The summed E-state index contributed by atoms with van der Waals surface area (Å²) in [6, 6.07) is 4.03. The summed E-state index contributed by atoms with van der Waals surface area (Å²) < 4.78 is 5.53. The van der Waals surface area contributed by atoms with Crippen molar-refractivity contribution in [2.75, 3.05) is 13.2 Å². The average molecular weight is 302 g/mol. The molecule has 7 nitrogen and oxygen atoms in total. The highest BCUT2D eigenvalue weighted by Crippen LogP contribution is 2.28. The molecule has 1 unspecified atom stereocenters. The predicted octanol–water partition coefficient (Wildman–Crippen LogP) is 0.139. The Bertz CT molecular complexity index is 670. The van der Waals surface area contributed by atoms with Gasteiger partial charge in [0.05, 0.1) is 17.7 Å². The lowest BCUT2D eigenvalue weighted by molar-refractivity contribution is -0.136. The normalized spacial score (nSPS) is 21.5. The number of para-hydroxylation sites is 1. The smallest absolute Gasteiger partial charge is 0.258 e. The van der Waals surface area contributed by atoms with Gasteiger partial charge in [0.2, 0.25) is 11.8 Å². The van der Waals surface area contributed by atoms with Crippen molar-refractivity contribution >= 4 is 24.0 Å². The van der Waals surface area contributed by atoms with Gasteiger partial charge in [0, 0.05) is 6.42 Å². The highest BCUT2D eigenvalue weighted by atomic mass is 16.5. The standard InChI is InChI=1S/C15H14N2O5/c18-8-9-2-1-3-10-13(9)22-7-6-17(15(10)21)11-4-5-12(19)16-14(11)20/h1-3,8,11H,4-7H2,(H,16,19,20). The lowest BCUT2D eigenvalue weighted by Crippen LogP contribution is -2.54. The van der Waals surface area contributed by atoms with Crippen molar-refractivity contribution in [3.63, 3.8) is 0 Å². The molecule has 1 aromatic carbocycles. The minimum Gasteiger partial charge on any atom is -0.490 e. The zero-order valence-electron chi connectivity index (χ0n) is 11.7. The van der Waals surface area contributed by atoms with Gasteiger partial charge < -0.3 is 9.64 Å². The number of rotatable bonds is 2. The molecule has 3 rings (SSSR count). The van der Waals surface area contributed by atoms with E-state index in [2.05, 4.69) is 5.32 Å². The highest BCUT2D eigenvalue weighted by Gasteiger charge is 2.37.